The molecular formula is C8H16O3. The lowest BCUT2D eigenvalue weighted by atomic mass is 10.1. The Bertz CT molecular complexity index is 106. The van der Waals surface area contributed by atoms with Crippen molar-refractivity contribution in [3.63, 3.8) is 0 Å². The average Bonchev–Trinajstić information content (AvgIpc) is 2.37. The maximum absolute atomic E-state index is 9.28. The second kappa shape index (κ2) is 4.70. The molecule has 0 spiro atoms. The van der Waals surface area contributed by atoms with E-state index < -0.39 is 0 Å². The van der Waals surface area contributed by atoms with Crippen molar-refractivity contribution in [1.82, 2.24) is 0 Å². The van der Waals surface area contributed by atoms with Gasteiger partial charge in [-0.25, -0.2) is 0 Å². The van der Waals surface area contributed by atoms with E-state index in [0.29, 0.717) is 19.8 Å². The van der Waals surface area contributed by atoms with E-state index in [4.69, 9.17) is 9.47 Å². The third kappa shape index (κ3) is 2.77. The van der Waals surface area contributed by atoms with Gasteiger partial charge in [0.1, 0.15) is 0 Å². The lowest BCUT2D eigenvalue weighted by Crippen LogP contribution is -2.22. The van der Waals surface area contributed by atoms with Crippen LogP contribution >= 0.6 is 0 Å². The van der Waals surface area contributed by atoms with Gasteiger partial charge < -0.3 is 14.6 Å². The van der Waals surface area contributed by atoms with Crippen molar-refractivity contribution in [3.05, 3.63) is 0 Å². The van der Waals surface area contributed by atoms with Crippen LogP contribution in [0.3, 0.4) is 0 Å². The van der Waals surface area contributed by atoms with Crippen molar-refractivity contribution in [3.8, 4) is 0 Å². The Morgan fingerprint density at radius 2 is 2.36 bits per heavy atom. The van der Waals surface area contributed by atoms with Crippen LogP contribution in [0.15, 0.2) is 0 Å². The molecule has 1 saturated heterocycles. The summed E-state index contributed by atoms with van der Waals surface area (Å²) < 4.78 is 10.4. The van der Waals surface area contributed by atoms with Gasteiger partial charge in [0.25, 0.3) is 0 Å². The van der Waals surface area contributed by atoms with Gasteiger partial charge in [0, 0.05) is 12.5 Å². The molecule has 0 bridgehead atoms. The quantitative estimate of drug-likeness (QED) is 0.606. The van der Waals surface area contributed by atoms with Gasteiger partial charge in [0.05, 0.1) is 25.9 Å². The molecule has 0 radical (unpaired) electrons. The van der Waals surface area contributed by atoms with Crippen LogP contribution in [-0.2, 0) is 9.47 Å². The minimum atomic E-state index is -0.313. The fourth-order valence-corrected chi connectivity index (χ4v) is 1.13. The summed E-state index contributed by atoms with van der Waals surface area (Å²) in [4.78, 5) is 0. The van der Waals surface area contributed by atoms with Gasteiger partial charge in [-0.05, 0) is 6.42 Å². The normalized spacial score (nSPS) is 31.1. The zero-order chi connectivity index (χ0) is 8.10. The summed E-state index contributed by atoms with van der Waals surface area (Å²) >= 11 is 0. The summed E-state index contributed by atoms with van der Waals surface area (Å²) in [6.45, 7) is 4.60. The van der Waals surface area contributed by atoms with Gasteiger partial charge in [-0.1, -0.05) is 6.92 Å². The Morgan fingerprint density at radius 3 is 2.91 bits per heavy atom. The standard InChI is InChI=1S/C8H16O3/c1-2-3-10-4-7-5-11-6-8(7)9/h7-9H,2-6H2,1H3/t7-,8-/m1/s1. The molecule has 66 valence electrons. The van der Waals surface area contributed by atoms with E-state index in [2.05, 4.69) is 6.92 Å². The van der Waals surface area contributed by atoms with Crippen LogP contribution in [0.2, 0.25) is 0 Å². The van der Waals surface area contributed by atoms with Crippen LogP contribution in [0.5, 0.6) is 0 Å². The van der Waals surface area contributed by atoms with Crippen LogP contribution in [0.1, 0.15) is 13.3 Å². The highest BCUT2D eigenvalue weighted by atomic mass is 16.5. The smallest absolute Gasteiger partial charge is 0.0845 e. The molecule has 0 saturated carbocycles. The number of aliphatic hydroxyl groups is 1. The van der Waals surface area contributed by atoms with E-state index in [-0.39, 0.29) is 12.0 Å². The number of hydrogen-bond acceptors (Lipinski definition) is 3. The Hall–Kier alpha value is -0.120. The molecule has 2 atom stereocenters. The lowest BCUT2D eigenvalue weighted by Gasteiger charge is -2.11. The zero-order valence-corrected chi connectivity index (χ0v) is 6.95. The molecule has 1 N–H and O–H groups in total. The van der Waals surface area contributed by atoms with Gasteiger partial charge in [-0.2, -0.15) is 0 Å². The van der Waals surface area contributed by atoms with E-state index in [1.807, 2.05) is 0 Å². The molecule has 0 aliphatic carbocycles. The fourth-order valence-electron chi connectivity index (χ4n) is 1.13. The van der Waals surface area contributed by atoms with Crippen molar-refractivity contribution in [2.75, 3.05) is 26.4 Å². The minimum Gasteiger partial charge on any atom is -0.390 e. The summed E-state index contributed by atoms with van der Waals surface area (Å²) in [5.74, 6) is 0.196. The monoisotopic (exact) mass is 160 g/mol. The molecule has 1 aliphatic heterocycles. The predicted molar refractivity (Wildman–Crippen MR) is 41.4 cm³/mol. The summed E-state index contributed by atoms with van der Waals surface area (Å²) in [5.41, 5.74) is 0. The maximum Gasteiger partial charge on any atom is 0.0845 e. The van der Waals surface area contributed by atoms with Crippen molar-refractivity contribution in [1.29, 1.82) is 0 Å². The highest BCUT2D eigenvalue weighted by Crippen LogP contribution is 2.13. The third-order valence-electron chi connectivity index (χ3n) is 1.85. The van der Waals surface area contributed by atoms with Gasteiger partial charge in [-0.15, -0.1) is 0 Å². The molecule has 3 heteroatoms. The first-order chi connectivity index (χ1) is 5.34. The topological polar surface area (TPSA) is 38.7 Å². The first-order valence-electron chi connectivity index (χ1n) is 4.18. The summed E-state index contributed by atoms with van der Waals surface area (Å²) in [7, 11) is 0. The molecule has 0 aromatic heterocycles. The molecule has 3 nitrogen and oxygen atoms in total. The first-order valence-corrected chi connectivity index (χ1v) is 4.18. The van der Waals surface area contributed by atoms with E-state index in [1.165, 1.54) is 0 Å². The number of aliphatic hydroxyl groups excluding tert-OH is 1. The average molecular weight is 160 g/mol. The highest BCUT2D eigenvalue weighted by molar-refractivity contribution is 4.73. The molecule has 1 rings (SSSR count). The molecular weight excluding hydrogens is 144 g/mol. The lowest BCUT2D eigenvalue weighted by molar-refractivity contribution is 0.0532. The number of rotatable bonds is 4. The Morgan fingerprint density at radius 1 is 1.55 bits per heavy atom. The van der Waals surface area contributed by atoms with Gasteiger partial charge in [0.15, 0.2) is 0 Å². The minimum absolute atomic E-state index is 0.196. The second-order valence-electron chi connectivity index (χ2n) is 2.94. The van der Waals surface area contributed by atoms with Gasteiger partial charge in [0.2, 0.25) is 0 Å². The van der Waals surface area contributed by atoms with E-state index in [1.54, 1.807) is 0 Å². The SMILES string of the molecule is CCCOC[C@@H]1COC[C@H]1O. The second-order valence-corrected chi connectivity index (χ2v) is 2.94. The van der Waals surface area contributed by atoms with Gasteiger partial charge in [-0.3, -0.25) is 0 Å². The summed E-state index contributed by atoms with van der Waals surface area (Å²) in [6, 6.07) is 0. The van der Waals surface area contributed by atoms with Gasteiger partial charge >= 0.3 is 0 Å². The Labute approximate surface area is 67.3 Å². The highest BCUT2D eigenvalue weighted by Gasteiger charge is 2.25. The largest absolute Gasteiger partial charge is 0.390 e. The molecule has 1 heterocycles. The van der Waals surface area contributed by atoms with E-state index in [0.717, 1.165) is 13.0 Å². The van der Waals surface area contributed by atoms with E-state index >= 15 is 0 Å². The van der Waals surface area contributed by atoms with Crippen LogP contribution in [-0.4, -0.2) is 37.6 Å². The molecule has 1 fully saturated rings. The molecule has 0 aromatic carbocycles. The Kier molecular flexibility index (Phi) is 3.83. The van der Waals surface area contributed by atoms with Crippen molar-refractivity contribution < 1.29 is 14.6 Å². The number of hydrogen-bond donors (Lipinski definition) is 1. The summed E-state index contributed by atoms with van der Waals surface area (Å²) in [6.07, 6.45) is 0.718. The fraction of sp³-hybridized carbons (Fsp3) is 1.00. The molecule has 0 amide bonds. The van der Waals surface area contributed by atoms with Crippen LogP contribution in [0.4, 0.5) is 0 Å². The number of ether oxygens (including phenoxy) is 2. The molecule has 11 heavy (non-hydrogen) atoms. The Balaban J connectivity index is 2.05. The van der Waals surface area contributed by atoms with Crippen LogP contribution < -0.4 is 0 Å². The molecule has 0 unspecified atom stereocenters. The van der Waals surface area contributed by atoms with E-state index in [9.17, 15) is 5.11 Å². The first kappa shape index (κ1) is 8.97. The van der Waals surface area contributed by atoms with Crippen molar-refractivity contribution in [2.45, 2.75) is 19.4 Å². The molecule has 1 aliphatic rings. The predicted octanol–water partition coefficient (Wildman–Crippen LogP) is 0.420. The summed E-state index contributed by atoms with van der Waals surface area (Å²) in [5, 5.41) is 9.28. The van der Waals surface area contributed by atoms with Crippen LogP contribution in [0.25, 0.3) is 0 Å². The van der Waals surface area contributed by atoms with Crippen molar-refractivity contribution in [2.24, 2.45) is 5.92 Å². The third-order valence-corrected chi connectivity index (χ3v) is 1.85. The molecule has 0 aromatic rings. The van der Waals surface area contributed by atoms with Crippen molar-refractivity contribution >= 4 is 0 Å². The van der Waals surface area contributed by atoms with Crippen LogP contribution in [0, 0.1) is 5.92 Å². The zero-order valence-electron chi connectivity index (χ0n) is 6.95. The maximum atomic E-state index is 9.28.